The second-order valence-electron chi connectivity index (χ2n) is 7.86. The van der Waals surface area contributed by atoms with Gasteiger partial charge in [0.25, 0.3) is 5.56 Å². The number of ether oxygens (including phenoxy) is 2. The molecule has 0 spiro atoms. The summed E-state index contributed by atoms with van der Waals surface area (Å²) in [7, 11) is 0. The van der Waals surface area contributed by atoms with Crippen molar-refractivity contribution in [2.45, 2.75) is 39.3 Å². The molecule has 4 rings (SSSR count). The van der Waals surface area contributed by atoms with Crippen molar-refractivity contribution in [2.24, 2.45) is 0 Å². The molecule has 3 heterocycles. The van der Waals surface area contributed by atoms with E-state index in [1.807, 2.05) is 20.8 Å². The normalized spacial score (nSPS) is 13.5. The van der Waals surface area contributed by atoms with Crippen LogP contribution in [0.2, 0.25) is 0 Å². The number of hydrogen-bond donors (Lipinski definition) is 1. The summed E-state index contributed by atoms with van der Waals surface area (Å²) in [6, 6.07) is 5.25. The highest BCUT2D eigenvalue weighted by molar-refractivity contribution is 5.91. The Morgan fingerprint density at radius 2 is 1.97 bits per heavy atom. The lowest BCUT2D eigenvalue weighted by Crippen LogP contribution is -2.26. The molecule has 3 aromatic rings. The highest BCUT2D eigenvalue weighted by Gasteiger charge is 2.20. The zero-order chi connectivity index (χ0) is 20.6. The van der Waals surface area contributed by atoms with Gasteiger partial charge in [-0.1, -0.05) is 0 Å². The minimum Gasteiger partial charge on any atom is -0.486 e. The fourth-order valence-electron chi connectivity index (χ4n) is 3.17. The van der Waals surface area contributed by atoms with Crippen LogP contribution in [0.3, 0.4) is 0 Å². The lowest BCUT2D eigenvalue weighted by atomic mass is 10.1. The van der Waals surface area contributed by atoms with E-state index in [0.717, 1.165) is 0 Å². The van der Waals surface area contributed by atoms with E-state index in [1.54, 1.807) is 22.9 Å². The largest absolute Gasteiger partial charge is 0.486 e. The number of carbonyl (C=O) groups is 1. The van der Waals surface area contributed by atoms with Gasteiger partial charge in [0.05, 0.1) is 18.1 Å². The molecule has 152 valence electrons. The topological polar surface area (TPSA) is 100 Å². The van der Waals surface area contributed by atoms with Crippen LogP contribution in [0.1, 0.15) is 27.2 Å². The number of anilines is 1. The van der Waals surface area contributed by atoms with Crippen LogP contribution in [0.15, 0.2) is 35.5 Å². The van der Waals surface area contributed by atoms with Crippen molar-refractivity contribution in [3.05, 3.63) is 41.1 Å². The summed E-state index contributed by atoms with van der Waals surface area (Å²) in [5.74, 6) is 1.06. The Balaban J connectivity index is 1.45. The van der Waals surface area contributed by atoms with E-state index in [-0.39, 0.29) is 30.0 Å². The fourth-order valence-corrected chi connectivity index (χ4v) is 3.17. The Morgan fingerprint density at radius 1 is 1.21 bits per heavy atom. The van der Waals surface area contributed by atoms with E-state index in [9.17, 15) is 9.59 Å². The van der Waals surface area contributed by atoms with E-state index in [4.69, 9.17) is 9.47 Å². The van der Waals surface area contributed by atoms with Crippen LogP contribution in [0.4, 0.5) is 5.69 Å². The van der Waals surface area contributed by atoms with Crippen molar-refractivity contribution in [1.29, 1.82) is 0 Å². The number of amides is 1. The molecular formula is C20H23N5O4. The third-order valence-electron chi connectivity index (χ3n) is 4.60. The van der Waals surface area contributed by atoms with Gasteiger partial charge in [-0.05, 0) is 32.9 Å². The zero-order valence-corrected chi connectivity index (χ0v) is 16.6. The van der Waals surface area contributed by atoms with Crippen molar-refractivity contribution >= 4 is 22.6 Å². The van der Waals surface area contributed by atoms with Crippen LogP contribution in [-0.4, -0.2) is 38.5 Å². The third kappa shape index (κ3) is 3.80. The molecular weight excluding hydrogens is 374 g/mol. The number of nitrogens with zero attached hydrogens (tertiary/aromatic N) is 4. The molecule has 0 bridgehead atoms. The van der Waals surface area contributed by atoms with Gasteiger partial charge in [-0.25, -0.2) is 9.67 Å². The quantitative estimate of drug-likeness (QED) is 0.724. The molecule has 0 atom stereocenters. The number of nitrogens with one attached hydrogen (secondary N) is 1. The summed E-state index contributed by atoms with van der Waals surface area (Å²) in [5, 5.41) is 7.55. The smallest absolute Gasteiger partial charge is 0.264 e. The third-order valence-corrected chi connectivity index (χ3v) is 4.60. The minimum absolute atomic E-state index is 0.134. The number of benzene rings is 1. The van der Waals surface area contributed by atoms with E-state index in [0.29, 0.717) is 41.4 Å². The van der Waals surface area contributed by atoms with E-state index in [1.165, 1.54) is 17.1 Å². The molecule has 1 N–H and O–H groups in total. The van der Waals surface area contributed by atoms with Gasteiger partial charge in [0, 0.05) is 24.7 Å². The zero-order valence-electron chi connectivity index (χ0n) is 16.6. The van der Waals surface area contributed by atoms with Crippen LogP contribution in [0, 0.1) is 0 Å². The molecule has 0 aliphatic carbocycles. The lowest BCUT2D eigenvalue weighted by molar-refractivity contribution is -0.116. The van der Waals surface area contributed by atoms with E-state index >= 15 is 0 Å². The molecule has 0 unspecified atom stereocenters. The van der Waals surface area contributed by atoms with Crippen molar-refractivity contribution in [3.8, 4) is 11.5 Å². The molecule has 9 nitrogen and oxygen atoms in total. The Labute approximate surface area is 167 Å². The van der Waals surface area contributed by atoms with Gasteiger partial charge in [0.2, 0.25) is 5.91 Å². The van der Waals surface area contributed by atoms with Crippen molar-refractivity contribution < 1.29 is 14.3 Å². The summed E-state index contributed by atoms with van der Waals surface area (Å²) in [6.45, 7) is 7.20. The van der Waals surface area contributed by atoms with Gasteiger partial charge in [0.1, 0.15) is 18.6 Å². The SMILES string of the molecule is CC(C)(C)n1ncc2c(=O)n(CCC(=O)Nc3ccc4c(c3)OCCO4)cnc21. The first kappa shape index (κ1) is 19.0. The molecule has 1 aliphatic rings. The summed E-state index contributed by atoms with van der Waals surface area (Å²) in [6.07, 6.45) is 3.13. The first-order chi connectivity index (χ1) is 13.8. The molecule has 29 heavy (non-hydrogen) atoms. The molecule has 1 aromatic carbocycles. The van der Waals surface area contributed by atoms with Crippen LogP contribution in [0.5, 0.6) is 11.5 Å². The van der Waals surface area contributed by atoms with Gasteiger partial charge in [-0.3, -0.25) is 14.2 Å². The van der Waals surface area contributed by atoms with Crippen molar-refractivity contribution in [2.75, 3.05) is 18.5 Å². The monoisotopic (exact) mass is 397 g/mol. The summed E-state index contributed by atoms with van der Waals surface area (Å²) in [4.78, 5) is 29.4. The molecule has 2 aromatic heterocycles. The van der Waals surface area contributed by atoms with Gasteiger partial charge in [0.15, 0.2) is 17.1 Å². The number of rotatable bonds is 4. The maximum atomic E-state index is 12.7. The molecule has 0 saturated heterocycles. The number of fused-ring (bicyclic) bond motifs is 2. The highest BCUT2D eigenvalue weighted by Crippen LogP contribution is 2.32. The lowest BCUT2D eigenvalue weighted by Gasteiger charge is -2.19. The second kappa shape index (κ2) is 7.23. The standard InChI is InChI=1S/C20H23N5O4/c1-20(2,3)25-18-14(11-22-25)19(27)24(12-21-18)7-6-17(26)23-13-4-5-15-16(10-13)29-9-8-28-15/h4-5,10-12H,6-9H2,1-3H3,(H,23,26). The Bertz CT molecular complexity index is 1130. The van der Waals surface area contributed by atoms with Gasteiger partial charge in [-0.2, -0.15) is 5.10 Å². The Hall–Kier alpha value is -3.36. The maximum absolute atomic E-state index is 12.7. The second-order valence-corrected chi connectivity index (χ2v) is 7.86. The molecule has 1 aliphatic heterocycles. The van der Waals surface area contributed by atoms with Crippen LogP contribution in [-0.2, 0) is 16.9 Å². The van der Waals surface area contributed by atoms with Crippen molar-refractivity contribution in [1.82, 2.24) is 19.3 Å². The summed E-state index contributed by atoms with van der Waals surface area (Å²) in [5.41, 5.74) is 0.667. The maximum Gasteiger partial charge on any atom is 0.264 e. The van der Waals surface area contributed by atoms with E-state index < -0.39 is 0 Å². The number of aryl methyl sites for hydroxylation is 1. The predicted octanol–water partition coefficient (Wildman–Crippen LogP) is 2.15. The first-order valence-corrected chi connectivity index (χ1v) is 9.46. The molecule has 9 heteroatoms. The Kier molecular flexibility index (Phi) is 4.73. The number of carbonyl (C=O) groups excluding carboxylic acids is 1. The fraction of sp³-hybridized carbons (Fsp3) is 0.400. The molecule has 1 amide bonds. The predicted molar refractivity (Wildman–Crippen MR) is 107 cm³/mol. The average molecular weight is 397 g/mol. The number of aromatic nitrogens is 4. The van der Waals surface area contributed by atoms with Crippen LogP contribution >= 0.6 is 0 Å². The molecule has 0 fully saturated rings. The van der Waals surface area contributed by atoms with E-state index in [2.05, 4.69) is 15.4 Å². The van der Waals surface area contributed by atoms with Gasteiger partial charge < -0.3 is 14.8 Å². The number of hydrogen-bond acceptors (Lipinski definition) is 6. The van der Waals surface area contributed by atoms with Crippen LogP contribution in [0.25, 0.3) is 11.0 Å². The van der Waals surface area contributed by atoms with Gasteiger partial charge >= 0.3 is 0 Å². The average Bonchev–Trinajstić information content (AvgIpc) is 3.13. The minimum atomic E-state index is -0.281. The highest BCUT2D eigenvalue weighted by atomic mass is 16.6. The van der Waals surface area contributed by atoms with Crippen molar-refractivity contribution in [3.63, 3.8) is 0 Å². The summed E-state index contributed by atoms with van der Waals surface area (Å²) < 4.78 is 14.1. The van der Waals surface area contributed by atoms with Crippen LogP contribution < -0.4 is 20.3 Å². The van der Waals surface area contributed by atoms with Gasteiger partial charge in [-0.15, -0.1) is 0 Å². The Morgan fingerprint density at radius 3 is 2.72 bits per heavy atom. The summed E-state index contributed by atoms with van der Waals surface area (Å²) >= 11 is 0. The first-order valence-electron chi connectivity index (χ1n) is 9.46. The molecule has 0 saturated carbocycles. The molecule has 0 radical (unpaired) electrons.